The third-order valence-corrected chi connectivity index (χ3v) is 3.98. The molecule has 3 heteroatoms. The summed E-state index contributed by atoms with van der Waals surface area (Å²) in [5, 5.41) is 0. The van der Waals surface area contributed by atoms with Gasteiger partial charge in [-0.15, -0.1) is 0 Å². The molecule has 0 radical (unpaired) electrons. The minimum atomic E-state index is 0. The van der Waals surface area contributed by atoms with Gasteiger partial charge in [-0.05, 0) is 0 Å². The fourth-order valence-electron chi connectivity index (χ4n) is 2.80. The number of allylic oxidation sites excluding steroid dienone is 4. The first-order valence-corrected chi connectivity index (χ1v) is 7.81. The van der Waals surface area contributed by atoms with Crippen molar-refractivity contribution in [2.24, 2.45) is 0 Å². The summed E-state index contributed by atoms with van der Waals surface area (Å²) in [5.74, 6) is 0. The topological polar surface area (TPSA) is 0 Å². The molecule has 1 aromatic carbocycles. The number of halogens is 2. The molecule has 0 atom stereocenters. The number of hydrogen-bond donors (Lipinski definition) is 0. The molecule has 3 rings (SSSR count). The molecule has 0 saturated heterocycles. The molecule has 2 aliphatic carbocycles. The summed E-state index contributed by atoms with van der Waals surface area (Å²) in [4.78, 5) is 0. The molecule has 0 amide bonds. The van der Waals surface area contributed by atoms with Gasteiger partial charge in [0.15, 0.2) is 0 Å². The quantitative estimate of drug-likeness (QED) is 0.489. The molecule has 1 aromatic rings. The van der Waals surface area contributed by atoms with Gasteiger partial charge in [0.2, 0.25) is 0 Å². The number of hydrogen-bond acceptors (Lipinski definition) is 0. The van der Waals surface area contributed by atoms with E-state index in [2.05, 4.69) is 44.2 Å². The van der Waals surface area contributed by atoms with E-state index in [1.807, 2.05) is 0 Å². The SMILES string of the molecule is CCCCC1=CCC(C)=[C-]1.[Br-].[Br-].[Zr+4].c1cc2c([cH-]1)CCCC2. The third-order valence-electron chi connectivity index (χ3n) is 3.98. The Hall–Kier alpha value is 0.673. The molecule has 0 spiro atoms. The van der Waals surface area contributed by atoms with Gasteiger partial charge in [-0.3, -0.25) is 0 Å². The van der Waals surface area contributed by atoms with E-state index in [0.29, 0.717) is 0 Å². The molecule has 0 aliphatic heterocycles. The summed E-state index contributed by atoms with van der Waals surface area (Å²) in [6.45, 7) is 4.38. The molecule has 0 saturated carbocycles. The summed E-state index contributed by atoms with van der Waals surface area (Å²) >= 11 is 0. The molecule has 0 N–H and O–H groups in total. The standard InChI is InChI=1S/C10H15.C9H11.2BrH.Zr/c1-3-4-5-10-7-6-9(2)8-10;1-2-5-9-7-3-6-8(9)4-1;;;/h7H,3-6H2,1-2H3;3,6-7H,1-2,4-5H2;2*1H;/q2*-1;;;+4/p-2. The zero-order valence-electron chi connectivity index (χ0n) is 13.7. The summed E-state index contributed by atoms with van der Waals surface area (Å²) in [7, 11) is 0. The second kappa shape index (κ2) is 14.1. The largest absolute Gasteiger partial charge is 4.00 e. The number of unbranched alkanes of at least 4 members (excludes halogenated alkanes) is 1. The maximum absolute atomic E-state index is 3.37. The minimum Gasteiger partial charge on any atom is -1.00 e. The minimum absolute atomic E-state index is 0. The number of aryl methyl sites for hydroxylation is 2. The summed E-state index contributed by atoms with van der Waals surface area (Å²) in [6, 6.07) is 6.69. The first kappa shape index (κ1) is 24.9. The Balaban J connectivity index is 0. The van der Waals surface area contributed by atoms with Crippen LogP contribution in [0.25, 0.3) is 0 Å². The Labute approximate surface area is 176 Å². The zero-order chi connectivity index (χ0) is 13.5. The molecule has 2 aliphatic rings. The summed E-state index contributed by atoms with van der Waals surface area (Å²) in [5.41, 5.74) is 6.02. The second-order valence-electron chi connectivity index (χ2n) is 5.73. The van der Waals surface area contributed by atoms with Crippen molar-refractivity contribution in [3.05, 3.63) is 52.6 Å². The smallest absolute Gasteiger partial charge is 1.00 e. The van der Waals surface area contributed by atoms with Crippen molar-refractivity contribution in [3.8, 4) is 0 Å². The molecule has 22 heavy (non-hydrogen) atoms. The van der Waals surface area contributed by atoms with Crippen LogP contribution in [0.15, 0.2) is 35.4 Å². The van der Waals surface area contributed by atoms with Gasteiger partial charge in [-0.25, -0.2) is 23.8 Å². The molecule has 120 valence electrons. The Bertz CT molecular complexity index is 437. The van der Waals surface area contributed by atoms with Crippen molar-refractivity contribution in [2.75, 3.05) is 0 Å². The van der Waals surface area contributed by atoms with E-state index in [4.69, 9.17) is 0 Å². The fourth-order valence-corrected chi connectivity index (χ4v) is 2.80. The molecule has 0 unspecified atom stereocenters. The van der Waals surface area contributed by atoms with Crippen LogP contribution in [0.4, 0.5) is 0 Å². The molecule has 0 aromatic heterocycles. The molecule has 0 nitrogen and oxygen atoms in total. The van der Waals surface area contributed by atoms with Crippen LogP contribution in [-0.2, 0) is 39.0 Å². The molecule has 0 fully saturated rings. The molecule has 0 bridgehead atoms. The van der Waals surface area contributed by atoms with Crippen LogP contribution in [-0.4, -0.2) is 0 Å². The first-order chi connectivity index (χ1) is 9.29. The monoisotopic (exact) mass is 502 g/mol. The Kier molecular flexibility index (Phi) is 15.9. The van der Waals surface area contributed by atoms with Gasteiger partial charge in [0.1, 0.15) is 0 Å². The normalized spacial score (nSPS) is 14.8. The van der Waals surface area contributed by atoms with E-state index < -0.39 is 0 Å². The van der Waals surface area contributed by atoms with Crippen molar-refractivity contribution in [2.45, 2.75) is 65.2 Å². The Morgan fingerprint density at radius 1 is 1.18 bits per heavy atom. The van der Waals surface area contributed by atoms with Crippen molar-refractivity contribution < 1.29 is 60.2 Å². The van der Waals surface area contributed by atoms with Crippen LogP contribution in [0.3, 0.4) is 0 Å². The summed E-state index contributed by atoms with van der Waals surface area (Å²) < 4.78 is 0. The van der Waals surface area contributed by atoms with Crippen LogP contribution in [0, 0.1) is 6.08 Å². The Morgan fingerprint density at radius 3 is 2.50 bits per heavy atom. The number of fused-ring (bicyclic) bond motifs is 1. The van der Waals surface area contributed by atoms with Crippen LogP contribution >= 0.6 is 0 Å². The molecular formula is C19H26Br2Zr. The number of rotatable bonds is 3. The maximum atomic E-state index is 3.37. The first-order valence-electron chi connectivity index (χ1n) is 7.81. The van der Waals surface area contributed by atoms with E-state index in [0.717, 1.165) is 6.42 Å². The Morgan fingerprint density at radius 2 is 1.91 bits per heavy atom. The van der Waals surface area contributed by atoms with Crippen molar-refractivity contribution in [1.82, 2.24) is 0 Å². The third kappa shape index (κ3) is 8.50. The van der Waals surface area contributed by atoms with Crippen molar-refractivity contribution >= 4 is 0 Å². The van der Waals surface area contributed by atoms with Gasteiger partial charge in [0.25, 0.3) is 0 Å². The summed E-state index contributed by atoms with van der Waals surface area (Å²) in [6.07, 6.45) is 16.1. The molecular weight excluding hydrogens is 479 g/mol. The van der Waals surface area contributed by atoms with Crippen LogP contribution < -0.4 is 34.0 Å². The van der Waals surface area contributed by atoms with E-state index in [1.54, 1.807) is 11.1 Å². The van der Waals surface area contributed by atoms with E-state index in [-0.39, 0.29) is 60.2 Å². The van der Waals surface area contributed by atoms with Crippen LogP contribution in [0.1, 0.15) is 63.5 Å². The zero-order valence-corrected chi connectivity index (χ0v) is 19.4. The van der Waals surface area contributed by atoms with Gasteiger partial charge in [-0.1, -0.05) is 65.2 Å². The fraction of sp³-hybridized carbons (Fsp3) is 0.526. The van der Waals surface area contributed by atoms with Gasteiger partial charge in [-0.2, -0.15) is 28.8 Å². The van der Waals surface area contributed by atoms with Crippen molar-refractivity contribution in [1.29, 1.82) is 0 Å². The van der Waals surface area contributed by atoms with Gasteiger partial charge in [0, 0.05) is 0 Å². The molecule has 0 heterocycles. The second-order valence-corrected chi connectivity index (χ2v) is 5.73. The van der Waals surface area contributed by atoms with Crippen LogP contribution in [0.5, 0.6) is 0 Å². The maximum Gasteiger partial charge on any atom is 4.00 e. The van der Waals surface area contributed by atoms with Gasteiger partial charge in [0.05, 0.1) is 0 Å². The van der Waals surface area contributed by atoms with Crippen molar-refractivity contribution in [3.63, 3.8) is 0 Å². The van der Waals surface area contributed by atoms with Crippen LogP contribution in [0.2, 0.25) is 0 Å². The van der Waals surface area contributed by atoms with E-state index in [1.165, 1.54) is 56.1 Å². The van der Waals surface area contributed by atoms with Gasteiger partial charge >= 0.3 is 26.2 Å². The predicted molar refractivity (Wildman–Crippen MR) is 83.3 cm³/mol. The van der Waals surface area contributed by atoms with E-state index >= 15 is 0 Å². The average Bonchev–Trinajstić information content (AvgIpc) is 3.05. The van der Waals surface area contributed by atoms with E-state index in [9.17, 15) is 0 Å². The average molecular weight is 505 g/mol. The predicted octanol–water partition coefficient (Wildman–Crippen LogP) is -0.454. The van der Waals surface area contributed by atoms with Gasteiger partial charge < -0.3 is 34.0 Å².